The maximum absolute atomic E-state index is 5.69. The molecule has 3 heteroatoms. The summed E-state index contributed by atoms with van der Waals surface area (Å²) in [6, 6.07) is 0. The predicted molar refractivity (Wildman–Crippen MR) is 66.6 cm³/mol. The lowest BCUT2D eigenvalue weighted by atomic mass is 9.48. The van der Waals surface area contributed by atoms with E-state index in [0.29, 0.717) is 12.0 Å². The Morgan fingerprint density at radius 2 is 1.71 bits per heavy atom. The van der Waals surface area contributed by atoms with Crippen LogP contribution in [0.15, 0.2) is 5.16 Å². The van der Waals surface area contributed by atoms with Gasteiger partial charge in [0.25, 0.3) is 0 Å². The number of hydrogen-bond donors (Lipinski definition) is 1. The molecular weight excluding hydrogens is 212 g/mol. The van der Waals surface area contributed by atoms with Crippen molar-refractivity contribution >= 4 is 5.71 Å². The first kappa shape index (κ1) is 10.4. The van der Waals surface area contributed by atoms with E-state index in [4.69, 9.17) is 10.6 Å². The van der Waals surface area contributed by atoms with E-state index in [1.807, 2.05) is 0 Å². The van der Waals surface area contributed by atoms with Crippen molar-refractivity contribution in [2.24, 2.45) is 34.1 Å². The van der Waals surface area contributed by atoms with Gasteiger partial charge in [-0.1, -0.05) is 5.16 Å². The van der Waals surface area contributed by atoms with Gasteiger partial charge in [-0.15, -0.1) is 0 Å². The van der Waals surface area contributed by atoms with Crippen molar-refractivity contribution in [2.75, 3.05) is 6.54 Å². The van der Waals surface area contributed by atoms with E-state index in [-0.39, 0.29) is 6.10 Å². The fraction of sp³-hybridized carbons (Fsp3) is 0.929. The lowest BCUT2D eigenvalue weighted by Gasteiger charge is -2.56. The van der Waals surface area contributed by atoms with Crippen LogP contribution in [0.5, 0.6) is 0 Å². The Hall–Kier alpha value is -0.570. The highest BCUT2D eigenvalue weighted by Gasteiger charge is 2.54. The van der Waals surface area contributed by atoms with E-state index in [9.17, 15) is 0 Å². The van der Waals surface area contributed by atoms with Gasteiger partial charge in [0.2, 0.25) is 0 Å². The molecule has 0 aromatic rings. The molecule has 0 aromatic heterocycles. The van der Waals surface area contributed by atoms with Gasteiger partial charge in [-0.3, -0.25) is 0 Å². The fourth-order valence-electron chi connectivity index (χ4n) is 5.33. The molecule has 17 heavy (non-hydrogen) atoms. The molecule has 4 saturated carbocycles. The van der Waals surface area contributed by atoms with E-state index in [2.05, 4.69) is 5.16 Å². The minimum absolute atomic E-state index is 0.165. The molecule has 3 nitrogen and oxygen atoms in total. The van der Waals surface area contributed by atoms with Gasteiger partial charge in [-0.05, 0) is 56.3 Å². The average molecular weight is 234 g/mol. The smallest absolute Gasteiger partial charge is 0.145 e. The van der Waals surface area contributed by atoms with Crippen molar-refractivity contribution in [3.63, 3.8) is 0 Å². The van der Waals surface area contributed by atoms with E-state index in [0.717, 1.165) is 24.2 Å². The Bertz CT molecular complexity index is 328. The van der Waals surface area contributed by atoms with Crippen molar-refractivity contribution in [2.45, 2.75) is 51.0 Å². The third-order valence-corrected chi connectivity index (χ3v) is 5.65. The SMILES string of the molecule is NCC1CC(C23CC4CC(CC(C4)C2)C3)=NO1. The Balaban J connectivity index is 1.61. The third-order valence-electron chi connectivity index (χ3n) is 5.65. The molecule has 0 aromatic carbocycles. The Morgan fingerprint density at radius 1 is 1.12 bits per heavy atom. The molecule has 4 fully saturated rings. The zero-order valence-corrected chi connectivity index (χ0v) is 10.4. The normalized spacial score (nSPS) is 51.5. The van der Waals surface area contributed by atoms with E-state index in [1.165, 1.54) is 44.2 Å². The Morgan fingerprint density at radius 3 is 2.18 bits per heavy atom. The predicted octanol–water partition coefficient (Wildman–Crippen LogP) is 2.31. The molecule has 1 atom stereocenters. The Labute approximate surface area is 103 Å². The summed E-state index contributed by atoms with van der Waals surface area (Å²) in [6.07, 6.45) is 9.81. The maximum atomic E-state index is 5.69. The van der Waals surface area contributed by atoms with Crippen LogP contribution in [0.3, 0.4) is 0 Å². The van der Waals surface area contributed by atoms with Crippen molar-refractivity contribution in [3.05, 3.63) is 0 Å². The molecule has 94 valence electrons. The van der Waals surface area contributed by atoms with Crippen molar-refractivity contribution in [1.29, 1.82) is 0 Å². The van der Waals surface area contributed by atoms with Crippen LogP contribution in [0.25, 0.3) is 0 Å². The molecule has 0 spiro atoms. The highest BCUT2D eigenvalue weighted by atomic mass is 16.6. The summed E-state index contributed by atoms with van der Waals surface area (Å²) >= 11 is 0. The largest absolute Gasteiger partial charge is 0.391 e. The average Bonchev–Trinajstić information content (AvgIpc) is 2.76. The second kappa shape index (κ2) is 3.47. The van der Waals surface area contributed by atoms with Crippen LogP contribution in [0.1, 0.15) is 44.9 Å². The van der Waals surface area contributed by atoms with Crippen LogP contribution in [-0.2, 0) is 4.84 Å². The number of nitrogens with zero attached hydrogens (tertiary/aromatic N) is 1. The van der Waals surface area contributed by atoms with Crippen LogP contribution in [0, 0.1) is 23.2 Å². The summed E-state index contributed by atoms with van der Waals surface area (Å²) in [7, 11) is 0. The molecule has 5 aliphatic rings. The van der Waals surface area contributed by atoms with Gasteiger partial charge in [-0.2, -0.15) is 0 Å². The first-order chi connectivity index (χ1) is 8.27. The topological polar surface area (TPSA) is 47.6 Å². The van der Waals surface area contributed by atoms with Gasteiger partial charge in [0.05, 0.1) is 5.71 Å². The standard InChI is InChI=1S/C14H22N2O/c15-8-12-4-13(16-17-12)14-5-9-1-10(6-14)3-11(2-9)7-14/h9-12H,1-8,15H2. The second-order valence-electron chi connectivity index (χ2n) is 6.90. The monoisotopic (exact) mass is 234 g/mol. The molecule has 0 amide bonds. The van der Waals surface area contributed by atoms with E-state index < -0.39 is 0 Å². The molecule has 0 saturated heterocycles. The number of hydrogen-bond acceptors (Lipinski definition) is 3. The second-order valence-corrected chi connectivity index (χ2v) is 6.90. The zero-order chi connectivity index (χ0) is 11.5. The lowest BCUT2D eigenvalue weighted by molar-refractivity contribution is -0.0133. The summed E-state index contributed by atoms with van der Waals surface area (Å²) in [5, 5.41) is 4.41. The van der Waals surface area contributed by atoms with Crippen LogP contribution in [0.2, 0.25) is 0 Å². The lowest BCUT2D eigenvalue weighted by Crippen LogP contribution is -2.50. The Kier molecular flexibility index (Phi) is 2.11. The summed E-state index contributed by atoms with van der Waals surface area (Å²) in [5.74, 6) is 2.96. The van der Waals surface area contributed by atoms with Gasteiger partial charge >= 0.3 is 0 Å². The highest BCUT2D eigenvalue weighted by Crippen LogP contribution is 2.61. The van der Waals surface area contributed by atoms with Gasteiger partial charge in [0.15, 0.2) is 0 Å². The van der Waals surface area contributed by atoms with Gasteiger partial charge < -0.3 is 10.6 Å². The minimum Gasteiger partial charge on any atom is -0.391 e. The van der Waals surface area contributed by atoms with Gasteiger partial charge in [0, 0.05) is 18.4 Å². The van der Waals surface area contributed by atoms with Gasteiger partial charge in [-0.25, -0.2) is 0 Å². The van der Waals surface area contributed by atoms with E-state index >= 15 is 0 Å². The van der Waals surface area contributed by atoms with Gasteiger partial charge in [0.1, 0.15) is 6.10 Å². The maximum Gasteiger partial charge on any atom is 0.145 e. The molecule has 1 heterocycles. The van der Waals surface area contributed by atoms with Crippen molar-refractivity contribution in [3.8, 4) is 0 Å². The molecule has 4 aliphatic carbocycles. The highest BCUT2D eigenvalue weighted by molar-refractivity contribution is 5.91. The molecule has 1 unspecified atom stereocenters. The minimum atomic E-state index is 0.165. The number of rotatable bonds is 2. The fourth-order valence-corrected chi connectivity index (χ4v) is 5.33. The molecular formula is C14H22N2O. The summed E-state index contributed by atoms with van der Waals surface area (Å²) in [4.78, 5) is 5.47. The molecule has 2 N–H and O–H groups in total. The zero-order valence-electron chi connectivity index (χ0n) is 10.4. The molecule has 0 radical (unpaired) electrons. The number of oxime groups is 1. The van der Waals surface area contributed by atoms with Crippen molar-refractivity contribution in [1.82, 2.24) is 0 Å². The summed E-state index contributed by atoms with van der Waals surface area (Å²) < 4.78 is 0. The third kappa shape index (κ3) is 1.48. The first-order valence-electron chi connectivity index (χ1n) is 7.21. The quantitative estimate of drug-likeness (QED) is 0.797. The summed E-state index contributed by atoms with van der Waals surface area (Å²) in [5.41, 5.74) is 7.49. The summed E-state index contributed by atoms with van der Waals surface area (Å²) in [6.45, 7) is 0.610. The molecule has 5 rings (SSSR count). The van der Waals surface area contributed by atoms with Crippen molar-refractivity contribution < 1.29 is 4.84 Å². The van der Waals surface area contributed by atoms with E-state index in [1.54, 1.807) is 0 Å². The van der Waals surface area contributed by atoms with Crippen LogP contribution >= 0.6 is 0 Å². The van der Waals surface area contributed by atoms with Crippen LogP contribution in [0.4, 0.5) is 0 Å². The molecule has 1 aliphatic heterocycles. The van der Waals surface area contributed by atoms with Crippen LogP contribution < -0.4 is 5.73 Å². The number of nitrogens with two attached hydrogens (primary N) is 1. The molecule has 4 bridgehead atoms. The van der Waals surface area contributed by atoms with Crippen LogP contribution in [-0.4, -0.2) is 18.4 Å². The first-order valence-corrected chi connectivity index (χ1v) is 7.21.